The average molecular weight is 479 g/mol. The van der Waals surface area contributed by atoms with E-state index in [9.17, 15) is 4.79 Å². The van der Waals surface area contributed by atoms with E-state index in [1.165, 1.54) is 11.8 Å². The van der Waals surface area contributed by atoms with Gasteiger partial charge in [0.1, 0.15) is 5.75 Å². The Kier molecular flexibility index (Phi) is 7.01. The summed E-state index contributed by atoms with van der Waals surface area (Å²) in [6, 6.07) is 21.0. The van der Waals surface area contributed by atoms with Gasteiger partial charge in [0, 0.05) is 16.4 Å². The first kappa shape index (κ1) is 22.9. The number of benzene rings is 3. The number of thioether (sulfide) groups is 1. The molecule has 33 heavy (non-hydrogen) atoms. The molecule has 0 aliphatic rings. The summed E-state index contributed by atoms with van der Waals surface area (Å²) in [5.74, 6) is 1.38. The van der Waals surface area contributed by atoms with Crippen molar-refractivity contribution >= 4 is 35.0 Å². The molecule has 8 heteroatoms. The highest BCUT2D eigenvalue weighted by Crippen LogP contribution is 2.33. The normalized spacial score (nSPS) is 10.8. The van der Waals surface area contributed by atoms with Gasteiger partial charge in [-0.25, -0.2) is 0 Å². The Morgan fingerprint density at radius 1 is 1.00 bits per heavy atom. The van der Waals surface area contributed by atoms with Crippen molar-refractivity contribution in [2.45, 2.75) is 19.0 Å². The van der Waals surface area contributed by atoms with Crippen LogP contribution in [0, 0.1) is 13.8 Å². The van der Waals surface area contributed by atoms with Gasteiger partial charge in [-0.3, -0.25) is 9.36 Å². The molecule has 6 nitrogen and oxygen atoms in total. The van der Waals surface area contributed by atoms with Gasteiger partial charge in [-0.2, -0.15) is 0 Å². The maximum absolute atomic E-state index is 12.7. The summed E-state index contributed by atoms with van der Waals surface area (Å²) in [5.41, 5.74) is 4.53. The maximum Gasteiger partial charge on any atom is 0.234 e. The van der Waals surface area contributed by atoms with Gasteiger partial charge in [0.05, 0.1) is 18.4 Å². The molecule has 1 aromatic heterocycles. The lowest BCUT2D eigenvalue weighted by molar-refractivity contribution is -0.113. The number of aromatic nitrogens is 3. The molecule has 1 N–H and O–H groups in total. The molecule has 168 valence electrons. The molecule has 0 atom stereocenters. The predicted octanol–water partition coefficient (Wildman–Crippen LogP) is 5.94. The van der Waals surface area contributed by atoms with Crippen molar-refractivity contribution < 1.29 is 9.53 Å². The van der Waals surface area contributed by atoms with Crippen LogP contribution in [0.25, 0.3) is 17.1 Å². The molecule has 0 saturated heterocycles. The van der Waals surface area contributed by atoms with Crippen LogP contribution in [0.5, 0.6) is 5.75 Å². The van der Waals surface area contributed by atoms with Crippen LogP contribution >= 0.6 is 23.4 Å². The quantitative estimate of drug-likeness (QED) is 0.333. The number of carbonyl (C=O) groups is 1. The largest absolute Gasteiger partial charge is 0.496 e. The Morgan fingerprint density at radius 2 is 1.70 bits per heavy atom. The zero-order valence-corrected chi connectivity index (χ0v) is 20.1. The highest BCUT2D eigenvalue weighted by molar-refractivity contribution is 7.99. The predicted molar refractivity (Wildman–Crippen MR) is 134 cm³/mol. The highest BCUT2D eigenvalue weighted by Gasteiger charge is 2.20. The molecule has 0 aliphatic carbocycles. The minimum Gasteiger partial charge on any atom is -0.496 e. The van der Waals surface area contributed by atoms with Crippen LogP contribution in [0.2, 0.25) is 5.02 Å². The third-order valence-corrected chi connectivity index (χ3v) is 6.32. The number of rotatable bonds is 7. The number of hydrogen-bond acceptors (Lipinski definition) is 5. The molecule has 3 aromatic carbocycles. The van der Waals surface area contributed by atoms with Gasteiger partial charge < -0.3 is 10.1 Å². The van der Waals surface area contributed by atoms with Crippen molar-refractivity contribution in [1.82, 2.24) is 14.8 Å². The van der Waals surface area contributed by atoms with Crippen molar-refractivity contribution in [3.05, 3.63) is 82.9 Å². The summed E-state index contributed by atoms with van der Waals surface area (Å²) < 4.78 is 7.44. The van der Waals surface area contributed by atoms with Crippen LogP contribution in [-0.2, 0) is 4.79 Å². The van der Waals surface area contributed by atoms with Crippen LogP contribution < -0.4 is 10.1 Å². The Bertz CT molecular complexity index is 1270. The molecule has 4 rings (SSSR count). The van der Waals surface area contributed by atoms with Gasteiger partial charge in [-0.1, -0.05) is 53.7 Å². The molecule has 1 heterocycles. The molecule has 0 aliphatic heterocycles. The molecule has 1 amide bonds. The van der Waals surface area contributed by atoms with Crippen molar-refractivity contribution in [3.63, 3.8) is 0 Å². The minimum atomic E-state index is -0.109. The van der Waals surface area contributed by atoms with Crippen LogP contribution in [0.4, 0.5) is 5.69 Å². The molecule has 0 spiro atoms. The number of nitrogens with zero attached hydrogens (tertiary/aromatic N) is 3. The van der Waals surface area contributed by atoms with Crippen LogP contribution in [-0.4, -0.2) is 33.5 Å². The van der Waals surface area contributed by atoms with Gasteiger partial charge in [0.25, 0.3) is 0 Å². The lowest BCUT2D eigenvalue weighted by Crippen LogP contribution is -2.16. The lowest BCUT2D eigenvalue weighted by Gasteiger charge is -2.13. The zero-order chi connectivity index (χ0) is 23.4. The van der Waals surface area contributed by atoms with Crippen LogP contribution in [0.1, 0.15) is 11.1 Å². The SMILES string of the molecule is COc1ccccc1-c1nnc(SCC(=O)Nc2c(C)cccc2C)n1-c1ccc(Cl)cc1. The van der Waals surface area contributed by atoms with Crippen molar-refractivity contribution in [2.24, 2.45) is 0 Å². The lowest BCUT2D eigenvalue weighted by atomic mass is 10.1. The maximum atomic E-state index is 12.7. The van der Waals surface area contributed by atoms with E-state index in [4.69, 9.17) is 16.3 Å². The van der Waals surface area contributed by atoms with Crippen molar-refractivity contribution in [1.29, 1.82) is 0 Å². The Balaban J connectivity index is 1.65. The number of nitrogens with one attached hydrogen (secondary N) is 1. The Hall–Kier alpha value is -3.29. The van der Waals surface area contributed by atoms with E-state index in [0.29, 0.717) is 21.8 Å². The average Bonchev–Trinajstić information content (AvgIpc) is 3.24. The molecule has 0 fully saturated rings. The van der Waals surface area contributed by atoms with Crippen LogP contribution in [0.15, 0.2) is 71.9 Å². The number of anilines is 1. The second-order valence-corrected chi connectivity index (χ2v) is 8.80. The molecular weight excluding hydrogens is 456 g/mol. The van der Waals surface area contributed by atoms with Gasteiger partial charge in [-0.15, -0.1) is 10.2 Å². The summed E-state index contributed by atoms with van der Waals surface area (Å²) in [4.78, 5) is 12.7. The third-order valence-electron chi connectivity index (χ3n) is 5.14. The first-order chi connectivity index (χ1) is 16.0. The van der Waals surface area contributed by atoms with Gasteiger partial charge in [0.15, 0.2) is 11.0 Å². The van der Waals surface area contributed by atoms with E-state index in [1.807, 2.05) is 85.1 Å². The number of hydrogen-bond donors (Lipinski definition) is 1. The summed E-state index contributed by atoms with van der Waals surface area (Å²) >= 11 is 7.42. The standard InChI is InChI=1S/C25H23ClN4O2S/c1-16-7-6-8-17(2)23(16)27-22(31)15-33-25-29-28-24(20-9-4-5-10-21(20)32-3)30(25)19-13-11-18(26)12-14-19/h4-14H,15H2,1-3H3,(H,27,31). The smallest absolute Gasteiger partial charge is 0.234 e. The second kappa shape index (κ2) is 10.1. The van der Waals surface area contributed by atoms with E-state index in [0.717, 1.165) is 28.1 Å². The number of methoxy groups -OCH3 is 1. The van der Waals surface area contributed by atoms with Gasteiger partial charge >= 0.3 is 0 Å². The van der Waals surface area contributed by atoms with Gasteiger partial charge in [-0.05, 0) is 61.4 Å². The molecule has 0 unspecified atom stereocenters. The number of amides is 1. The Labute approximate surface area is 202 Å². The third kappa shape index (κ3) is 5.05. The summed E-state index contributed by atoms with van der Waals surface area (Å²) in [7, 11) is 1.62. The second-order valence-electron chi connectivity index (χ2n) is 7.42. The summed E-state index contributed by atoms with van der Waals surface area (Å²) in [6.45, 7) is 3.96. The fraction of sp³-hybridized carbons (Fsp3) is 0.160. The van der Waals surface area contributed by atoms with Crippen molar-refractivity contribution in [2.75, 3.05) is 18.2 Å². The number of carbonyl (C=O) groups excluding carboxylic acids is 1. The van der Waals surface area contributed by atoms with Crippen molar-refractivity contribution in [3.8, 4) is 22.8 Å². The molecule has 0 bridgehead atoms. The monoisotopic (exact) mass is 478 g/mol. The first-order valence-electron chi connectivity index (χ1n) is 10.3. The van der Waals surface area contributed by atoms with E-state index in [-0.39, 0.29) is 11.7 Å². The van der Waals surface area contributed by atoms with Crippen LogP contribution in [0.3, 0.4) is 0 Å². The topological polar surface area (TPSA) is 69.0 Å². The van der Waals surface area contributed by atoms with E-state index in [2.05, 4.69) is 15.5 Å². The first-order valence-corrected chi connectivity index (χ1v) is 11.7. The molecular formula is C25H23ClN4O2S. The summed E-state index contributed by atoms with van der Waals surface area (Å²) in [5, 5.41) is 13.1. The highest BCUT2D eigenvalue weighted by atomic mass is 35.5. The number of ether oxygens (including phenoxy) is 1. The number of halogens is 1. The molecule has 0 radical (unpaired) electrons. The van der Waals surface area contributed by atoms with E-state index < -0.39 is 0 Å². The summed E-state index contributed by atoms with van der Waals surface area (Å²) in [6.07, 6.45) is 0. The number of aryl methyl sites for hydroxylation is 2. The minimum absolute atomic E-state index is 0.109. The van der Waals surface area contributed by atoms with Gasteiger partial charge in [0.2, 0.25) is 5.91 Å². The number of para-hydroxylation sites is 2. The molecule has 0 saturated carbocycles. The van der Waals surface area contributed by atoms with E-state index >= 15 is 0 Å². The molecule has 4 aromatic rings. The fourth-order valence-corrected chi connectivity index (χ4v) is 4.39. The fourth-order valence-electron chi connectivity index (χ4n) is 3.51. The zero-order valence-electron chi connectivity index (χ0n) is 18.5. The van der Waals surface area contributed by atoms with E-state index in [1.54, 1.807) is 7.11 Å². The Morgan fingerprint density at radius 3 is 2.39 bits per heavy atom.